The molecule has 3 amide bonds. The van der Waals surface area contributed by atoms with E-state index in [2.05, 4.69) is 26.2 Å². The van der Waals surface area contributed by atoms with Crippen LogP contribution in [0.4, 0.5) is 0 Å². The Bertz CT molecular complexity index is 1060. The number of rotatable bonds is 6. The highest BCUT2D eigenvalue weighted by Gasteiger charge is 2.39. The third kappa shape index (κ3) is 3.79. The molecule has 2 aromatic rings. The Morgan fingerprint density at radius 3 is 2.72 bits per heavy atom. The van der Waals surface area contributed by atoms with Crippen LogP contribution in [0.3, 0.4) is 0 Å². The molecule has 0 radical (unpaired) electrons. The first kappa shape index (κ1) is 20.7. The Morgan fingerprint density at radius 1 is 1.19 bits per heavy atom. The number of hydrogen-bond donors (Lipinski definition) is 2. The lowest BCUT2D eigenvalue weighted by molar-refractivity contribution is -0.136. The number of aromatic nitrogens is 4. The second kappa shape index (κ2) is 8.42. The minimum Gasteiger partial charge on any atom is -0.322 e. The summed E-state index contributed by atoms with van der Waals surface area (Å²) in [5.41, 5.74) is 2.61. The van der Waals surface area contributed by atoms with Gasteiger partial charge in [0, 0.05) is 32.1 Å². The fourth-order valence-electron chi connectivity index (χ4n) is 5.22. The van der Waals surface area contributed by atoms with E-state index in [4.69, 9.17) is 0 Å². The van der Waals surface area contributed by atoms with Crippen molar-refractivity contribution in [2.75, 3.05) is 0 Å². The minimum atomic E-state index is -0.593. The quantitative estimate of drug-likeness (QED) is 0.646. The fraction of sp³-hybridized carbons (Fsp3) is 0.545. The van der Waals surface area contributed by atoms with Gasteiger partial charge in [0.2, 0.25) is 11.8 Å². The number of carbonyl (C=O) groups excluding carboxylic acids is 3. The van der Waals surface area contributed by atoms with Crippen LogP contribution in [0, 0.1) is 5.92 Å². The van der Waals surface area contributed by atoms with Crippen molar-refractivity contribution in [3.63, 3.8) is 0 Å². The van der Waals surface area contributed by atoms with Gasteiger partial charge in [0.05, 0.1) is 6.04 Å². The molecular formula is C22H27N7O3. The van der Waals surface area contributed by atoms with Crippen molar-refractivity contribution < 1.29 is 14.4 Å². The standard InChI is InChI=1S/C22H27N7O3/c1-28-20(25-26-27-28)19(14-4-2-3-5-14)23-11-13-6-7-16-15(10-13)12-29(22(16)32)17-8-9-18(30)24-21(17)31/h6-7,10,14,17,19,23H,2-5,8-9,11-12H2,1H3,(H,24,30,31). The maximum absolute atomic E-state index is 12.9. The van der Waals surface area contributed by atoms with Crippen LogP contribution in [0.2, 0.25) is 0 Å². The fourth-order valence-corrected chi connectivity index (χ4v) is 5.22. The predicted octanol–water partition coefficient (Wildman–Crippen LogP) is 0.992. The largest absolute Gasteiger partial charge is 0.322 e. The third-order valence-electron chi connectivity index (χ3n) is 6.92. The summed E-state index contributed by atoms with van der Waals surface area (Å²) in [6, 6.07) is 5.32. The van der Waals surface area contributed by atoms with Crippen LogP contribution in [-0.2, 0) is 29.7 Å². The number of carbonyl (C=O) groups is 3. The average Bonchev–Trinajstić information content (AvgIpc) is 3.51. The maximum atomic E-state index is 12.9. The van der Waals surface area contributed by atoms with E-state index in [-0.39, 0.29) is 30.2 Å². The Balaban J connectivity index is 1.30. The molecule has 10 heteroatoms. The molecule has 3 heterocycles. The SMILES string of the molecule is Cn1nnnc1C(NCc1ccc2c(c1)CN(C1CCC(=O)NC1=O)C2=O)C1CCCC1. The van der Waals surface area contributed by atoms with Crippen LogP contribution in [0.1, 0.15) is 71.9 Å². The molecule has 2 N–H and O–H groups in total. The molecule has 2 fully saturated rings. The zero-order valence-corrected chi connectivity index (χ0v) is 18.1. The number of nitrogens with zero attached hydrogens (tertiary/aromatic N) is 5. The van der Waals surface area contributed by atoms with Crippen LogP contribution in [0.5, 0.6) is 0 Å². The molecule has 3 aliphatic rings. The number of piperidine rings is 1. The Labute approximate surface area is 185 Å². The molecule has 1 saturated carbocycles. The number of tetrazole rings is 1. The molecule has 1 saturated heterocycles. The third-order valence-corrected chi connectivity index (χ3v) is 6.92. The summed E-state index contributed by atoms with van der Waals surface area (Å²) >= 11 is 0. The summed E-state index contributed by atoms with van der Waals surface area (Å²) in [4.78, 5) is 38.2. The highest BCUT2D eigenvalue weighted by atomic mass is 16.2. The van der Waals surface area contributed by atoms with Crippen molar-refractivity contribution in [2.45, 2.75) is 63.7 Å². The van der Waals surface area contributed by atoms with E-state index in [1.807, 2.05) is 25.2 Å². The number of imide groups is 1. The summed E-state index contributed by atoms with van der Waals surface area (Å²) in [5.74, 6) is 0.527. The summed E-state index contributed by atoms with van der Waals surface area (Å²) in [6.45, 7) is 1.02. The van der Waals surface area contributed by atoms with Gasteiger partial charge in [-0.15, -0.1) is 5.10 Å². The van der Waals surface area contributed by atoms with Crippen molar-refractivity contribution in [3.05, 3.63) is 40.7 Å². The van der Waals surface area contributed by atoms with Crippen molar-refractivity contribution >= 4 is 17.7 Å². The van der Waals surface area contributed by atoms with E-state index >= 15 is 0 Å². The van der Waals surface area contributed by atoms with Crippen LogP contribution < -0.4 is 10.6 Å². The van der Waals surface area contributed by atoms with Gasteiger partial charge in [-0.1, -0.05) is 25.0 Å². The molecule has 168 valence electrons. The van der Waals surface area contributed by atoms with Gasteiger partial charge in [-0.25, -0.2) is 4.68 Å². The van der Waals surface area contributed by atoms with Gasteiger partial charge in [0.15, 0.2) is 5.82 Å². The molecule has 1 aromatic heterocycles. The van der Waals surface area contributed by atoms with E-state index in [0.717, 1.165) is 29.8 Å². The lowest BCUT2D eigenvalue weighted by Gasteiger charge is -2.29. The molecule has 10 nitrogen and oxygen atoms in total. The second-order valence-electron chi connectivity index (χ2n) is 8.96. The topological polar surface area (TPSA) is 122 Å². The molecule has 0 bridgehead atoms. The van der Waals surface area contributed by atoms with Gasteiger partial charge in [-0.05, 0) is 52.8 Å². The highest BCUT2D eigenvalue weighted by molar-refractivity contribution is 6.05. The first-order chi connectivity index (χ1) is 15.5. The molecule has 2 unspecified atom stereocenters. The summed E-state index contributed by atoms with van der Waals surface area (Å²) < 4.78 is 1.73. The first-order valence-electron chi connectivity index (χ1n) is 11.2. The number of aryl methyl sites for hydroxylation is 1. The van der Waals surface area contributed by atoms with Gasteiger partial charge in [0.25, 0.3) is 5.91 Å². The number of amides is 3. The molecule has 5 rings (SSSR count). The Hall–Kier alpha value is -3.14. The number of benzene rings is 1. The summed E-state index contributed by atoms with van der Waals surface area (Å²) in [5, 5.41) is 18.0. The second-order valence-corrected chi connectivity index (χ2v) is 8.96. The molecule has 2 aliphatic heterocycles. The van der Waals surface area contributed by atoms with Gasteiger partial charge < -0.3 is 10.2 Å². The average molecular weight is 438 g/mol. The molecule has 1 aromatic carbocycles. The summed E-state index contributed by atoms with van der Waals surface area (Å²) in [6.07, 6.45) is 5.39. The molecular weight excluding hydrogens is 410 g/mol. The van der Waals surface area contributed by atoms with E-state index < -0.39 is 6.04 Å². The number of fused-ring (bicyclic) bond motifs is 1. The zero-order chi connectivity index (χ0) is 22.2. The summed E-state index contributed by atoms with van der Waals surface area (Å²) in [7, 11) is 1.86. The van der Waals surface area contributed by atoms with Crippen LogP contribution in [-0.4, -0.2) is 48.9 Å². The maximum Gasteiger partial charge on any atom is 0.255 e. The molecule has 32 heavy (non-hydrogen) atoms. The lowest BCUT2D eigenvalue weighted by atomic mass is 9.96. The molecule has 0 spiro atoms. The minimum absolute atomic E-state index is 0.0763. The first-order valence-corrected chi connectivity index (χ1v) is 11.2. The van der Waals surface area contributed by atoms with E-state index in [9.17, 15) is 14.4 Å². The van der Waals surface area contributed by atoms with Gasteiger partial charge in [-0.3, -0.25) is 19.7 Å². The van der Waals surface area contributed by atoms with Crippen LogP contribution in [0.15, 0.2) is 18.2 Å². The van der Waals surface area contributed by atoms with E-state index in [0.29, 0.717) is 31.0 Å². The smallest absolute Gasteiger partial charge is 0.255 e. The van der Waals surface area contributed by atoms with Crippen molar-refractivity contribution in [3.8, 4) is 0 Å². The van der Waals surface area contributed by atoms with E-state index in [1.165, 1.54) is 12.8 Å². The predicted molar refractivity (Wildman–Crippen MR) is 113 cm³/mol. The normalized spacial score (nSPS) is 22.3. The molecule has 2 atom stereocenters. The van der Waals surface area contributed by atoms with Crippen LogP contribution >= 0.6 is 0 Å². The number of nitrogens with one attached hydrogen (secondary N) is 2. The van der Waals surface area contributed by atoms with Crippen molar-refractivity contribution in [1.29, 1.82) is 0 Å². The van der Waals surface area contributed by atoms with Crippen molar-refractivity contribution in [1.82, 2.24) is 35.7 Å². The Morgan fingerprint density at radius 2 is 2.00 bits per heavy atom. The number of hydrogen-bond acceptors (Lipinski definition) is 7. The molecule has 1 aliphatic carbocycles. The van der Waals surface area contributed by atoms with Crippen LogP contribution in [0.25, 0.3) is 0 Å². The van der Waals surface area contributed by atoms with E-state index in [1.54, 1.807) is 9.58 Å². The lowest BCUT2D eigenvalue weighted by Crippen LogP contribution is -2.52. The van der Waals surface area contributed by atoms with Gasteiger partial charge in [0.1, 0.15) is 6.04 Å². The highest BCUT2D eigenvalue weighted by Crippen LogP contribution is 2.35. The monoisotopic (exact) mass is 437 g/mol. The van der Waals surface area contributed by atoms with Gasteiger partial charge in [-0.2, -0.15) is 0 Å². The van der Waals surface area contributed by atoms with Crippen molar-refractivity contribution in [2.24, 2.45) is 13.0 Å². The Kier molecular flexibility index (Phi) is 5.46. The zero-order valence-electron chi connectivity index (χ0n) is 18.1. The van der Waals surface area contributed by atoms with Gasteiger partial charge >= 0.3 is 0 Å².